The van der Waals surface area contributed by atoms with Crippen molar-refractivity contribution in [2.45, 2.75) is 19.8 Å². The molecule has 0 unspecified atom stereocenters. The van der Waals surface area contributed by atoms with Crippen LogP contribution in [-0.4, -0.2) is 43.6 Å². The zero-order chi connectivity index (χ0) is 14.8. The van der Waals surface area contributed by atoms with Gasteiger partial charge < -0.3 is 4.90 Å². The van der Waals surface area contributed by atoms with E-state index in [0.29, 0.717) is 5.92 Å². The van der Waals surface area contributed by atoms with Crippen molar-refractivity contribution in [1.82, 2.24) is 24.6 Å². The summed E-state index contributed by atoms with van der Waals surface area (Å²) >= 11 is 0. The second-order valence-electron chi connectivity index (χ2n) is 5.58. The van der Waals surface area contributed by atoms with Crippen LogP contribution in [0, 0.1) is 5.92 Å². The lowest BCUT2D eigenvalue weighted by atomic mass is 10.00. The first-order valence-electron chi connectivity index (χ1n) is 7.18. The van der Waals surface area contributed by atoms with E-state index in [2.05, 4.69) is 15.1 Å². The van der Waals surface area contributed by atoms with Gasteiger partial charge in [0, 0.05) is 51.2 Å². The van der Waals surface area contributed by atoms with Gasteiger partial charge in [-0.15, -0.1) is 0 Å². The zero-order valence-corrected chi connectivity index (χ0v) is 12.4. The van der Waals surface area contributed by atoms with Crippen molar-refractivity contribution in [3.05, 3.63) is 30.5 Å². The zero-order valence-electron chi connectivity index (χ0n) is 12.4. The van der Waals surface area contributed by atoms with Crippen molar-refractivity contribution in [3.8, 4) is 11.3 Å². The van der Waals surface area contributed by atoms with Crippen LogP contribution in [0.1, 0.15) is 19.0 Å². The fourth-order valence-corrected chi connectivity index (χ4v) is 2.86. The maximum atomic E-state index is 11.4. The minimum absolute atomic E-state index is 0.157. The lowest BCUT2D eigenvalue weighted by Gasteiger charge is -2.14. The molecule has 0 N–H and O–H groups in total. The number of hydrogen-bond acceptors (Lipinski definition) is 4. The van der Waals surface area contributed by atoms with Crippen molar-refractivity contribution in [3.63, 3.8) is 0 Å². The van der Waals surface area contributed by atoms with E-state index in [1.54, 1.807) is 24.0 Å². The lowest BCUT2D eigenvalue weighted by Crippen LogP contribution is -2.26. The number of carbonyl (C=O) groups is 1. The molecule has 1 fully saturated rings. The second kappa shape index (κ2) is 5.63. The molecule has 0 saturated carbocycles. The third-order valence-corrected chi connectivity index (χ3v) is 3.97. The second-order valence-corrected chi connectivity index (χ2v) is 5.58. The minimum Gasteiger partial charge on any atom is -0.343 e. The van der Waals surface area contributed by atoms with E-state index in [-0.39, 0.29) is 5.91 Å². The van der Waals surface area contributed by atoms with Crippen molar-refractivity contribution in [1.29, 1.82) is 0 Å². The van der Waals surface area contributed by atoms with Gasteiger partial charge in [0.15, 0.2) is 0 Å². The fraction of sp³-hybridized carbons (Fsp3) is 0.467. The molecule has 0 aromatic carbocycles. The Labute approximate surface area is 123 Å². The molecule has 6 nitrogen and oxygen atoms in total. The van der Waals surface area contributed by atoms with E-state index in [9.17, 15) is 4.79 Å². The molecule has 0 aliphatic carbocycles. The van der Waals surface area contributed by atoms with Crippen molar-refractivity contribution in [2.75, 3.05) is 13.1 Å². The molecule has 21 heavy (non-hydrogen) atoms. The number of rotatable bonds is 3. The summed E-state index contributed by atoms with van der Waals surface area (Å²) in [6.45, 7) is 3.30. The van der Waals surface area contributed by atoms with E-state index in [1.807, 2.05) is 24.3 Å². The monoisotopic (exact) mass is 285 g/mol. The van der Waals surface area contributed by atoms with Crippen molar-refractivity contribution >= 4 is 5.91 Å². The Morgan fingerprint density at radius 3 is 2.86 bits per heavy atom. The number of nitrogens with zero attached hydrogens (tertiary/aromatic N) is 5. The average Bonchev–Trinajstić information content (AvgIpc) is 3.09. The third kappa shape index (κ3) is 2.94. The molecule has 2 aromatic heterocycles. The molecule has 2 aromatic rings. The van der Waals surface area contributed by atoms with Crippen molar-refractivity contribution < 1.29 is 4.79 Å². The summed E-state index contributed by atoms with van der Waals surface area (Å²) < 4.78 is 1.76. The molecule has 1 atom stereocenters. The number of amides is 1. The maximum absolute atomic E-state index is 11.4. The Bertz CT molecular complexity index is 651. The van der Waals surface area contributed by atoms with Crippen LogP contribution in [0.5, 0.6) is 0 Å². The highest BCUT2D eigenvalue weighted by Gasteiger charge is 2.25. The van der Waals surface area contributed by atoms with E-state index in [4.69, 9.17) is 0 Å². The molecule has 1 aliphatic heterocycles. The van der Waals surface area contributed by atoms with Gasteiger partial charge in [0.2, 0.25) is 5.91 Å². The van der Waals surface area contributed by atoms with Gasteiger partial charge in [-0.2, -0.15) is 5.10 Å². The Balaban J connectivity index is 1.79. The summed E-state index contributed by atoms with van der Waals surface area (Å²) in [6, 6.07) is 0. The normalized spacial score (nSPS) is 18.2. The lowest BCUT2D eigenvalue weighted by molar-refractivity contribution is -0.127. The first-order chi connectivity index (χ1) is 10.1. The first kappa shape index (κ1) is 13.7. The van der Waals surface area contributed by atoms with Gasteiger partial charge in [0.25, 0.3) is 0 Å². The van der Waals surface area contributed by atoms with Gasteiger partial charge in [-0.1, -0.05) is 0 Å². The number of carbonyl (C=O) groups excluding carboxylic acids is 1. The van der Waals surface area contributed by atoms with Crippen LogP contribution in [-0.2, 0) is 18.3 Å². The summed E-state index contributed by atoms with van der Waals surface area (Å²) in [5.41, 5.74) is 2.87. The van der Waals surface area contributed by atoms with E-state index >= 15 is 0 Å². The Morgan fingerprint density at radius 2 is 2.19 bits per heavy atom. The summed E-state index contributed by atoms with van der Waals surface area (Å²) in [6.07, 6.45) is 9.08. The summed E-state index contributed by atoms with van der Waals surface area (Å²) in [4.78, 5) is 22.3. The summed E-state index contributed by atoms with van der Waals surface area (Å²) in [7, 11) is 1.89. The van der Waals surface area contributed by atoms with Gasteiger partial charge >= 0.3 is 0 Å². The van der Waals surface area contributed by atoms with E-state index in [1.165, 1.54) is 0 Å². The van der Waals surface area contributed by atoms with Gasteiger partial charge in [-0.05, 0) is 18.8 Å². The van der Waals surface area contributed by atoms with Crippen LogP contribution in [0.3, 0.4) is 0 Å². The van der Waals surface area contributed by atoms with Crippen LogP contribution < -0.4 is 0 Å². The molecular weight excluding hydrogens is 266 g/mol. The smallest absolute Gasteiger partial charge is 0.219 e. The molecule has 1 amide bonds. The molecule has 1 aliphatic rings. The Morgan fingerprint density at radius 1 is 1.38 bits per heavy atom. The molecule has 0 bridgehead atoms. The SMILES string of the molecule is CC(=O)N1CC[C@H](Cc2nccnc2-c2cnn(C)c2)C1. The quantitative estimate of drug-likeness (QED) is 0.852. The predicted octanol–water partition coefficient (Wildman–Crippen LogP) is 1.29. The minimum atomic E-state index is 0.157. The van der Waals surface area contributed by atoms with Gasteiger partial charge in [-0.3, -0.25) is 19.4 Å². The number of aryl methyl sites for hydroxylation is 1. The van der Waals surface area contributed by atoms with E-state index in [0.717, 1.165) is 42.9 Å². The van der Waals surface area contributed by atoms with Crippen LogP contribution in [0.25, 0.3) is 11.3 Å². The molecule has 0 radical (unpaired) electrons. The largest absolute Gasteiger partial charge is 0.343 e. The van der Waals surface area contributed by atoms with Crippen LogP contribution in [0.2, 0.25) is 0 Å². The molecule has 110 valence electrons. The topological polar surface area (TPSA) is 63.9 Å². The molecule has 1 saturated heterocycles. The van der Waals surface area contributed by atoms with Gasteiger partial charge in [0.1, 0.15) is 0 Å². The third-order valence-electron chi connectivity index (χ3n) is 3.97. The maximum Gasteiger partial charge on any atom is 0.219 e. The predicted molar refractivity (Wildman–Crippen MR) is 78.3 cm³/mol. The highest BCUT2D eigenvalue weighted by atomic mass is 16.2. The first-order valence-corrected chi connectivity index (χ1v) is 7.18. The van der Waals surface area contributed by atoms with Crippen molar-refractivity contribution in [2.24, 2.45) is 13.0 Å². The molecule has 3 heterocycles. The summed E-state index contributed by atoms with van der Waals surface area (Å²) in [5.74, 6) is 0.616. The Hall–Kier alpha value is -2.24. The number of likely N-dealkylation sites (tertiary alicyclic amines) is 1. The highest BCUT2D eigenvalue weighted by Crippen LogP contribution is 2.25. The van der Waals surface area contributed by atoms with Gasteiger partial charge in [-0.25, -0.2) is 0 Å². The fourth-order valence-electron chi connectivity index (χ4n) is 2.86. The van der Waals surface area contributed by atoms with Gasteiger partial charge in [0.05, 0.1) is 17.6 Å². The van der Waals surface area contributed by atoms with Crippen LogP contribution >= 0.6 is 0 Å². The molecular formula is C15H19N5O. The van der Waals surface area contributed by atoms with Crippen LogP contribution in [0.15, 0.2) is 24.8 Å². The highest BCUT2D eigenvalue weighted by molar-refractivity contribution is 5.73. The molecule has 3 rings (SSSR count). The number of hydrogen-bond donors (Lipinski definition) is 0. The standard InChI is InChI=1S/C15H19N5O/c1-11(21)20-6-3-12(9-20)7-14-15(17-5-4-16-14)13-8-18-19(2)10-13/h4-5,8,10,12H,3,6-7,9H2,1-2H3/t12-/m1/s1. The average molecular weight is 285 g/mol. The number of aromatic nitrogens is 4. The molecule has 6 heteroatoms. The molecule has 0 spiro atoms. The van der Waals surface area contributed by atoms with E-state index < -0.39 is 0 Å². The Kier molecular flexibility index (Phi) is 3.68. The summed E-state index contributed by atoms with van der Waals surface area (Å²) in [5, 5.41) is 4.20. The van der Waals surface area contributed by atoms with Crippen LogP contribution in [0.4, 0.5) is 0 Å².